The van der Waals surface area contributed by atoms with E-state index in [1.54, 1.807) is 30.1 Å². The number of carbonyl (C=O) groups is 1. The average Bonchev–Trinajstić information content (AvgIpc) is 3.51. The summed E-state index contributed by atoms with van der Waals surface area (Å²) in [6.07, 6.45) is 3.93. The standard InChI is InChI=1S/C26H25FN4O2S/c27-21-11-7-18(8-12-21)16-31-24-23(4-1-13-28-24)30-26(31)34-17-19-5-9-20(10-6-19)25(32)29-15-22-3-2-14-33-22/h1,4-13,22H,2-3,14-17H2,(H,29,32)/t22-/m1/s1. The van der Waals surface area contributed by atoms with Crippen molar-refractivity contribution in [3.05, 3.63) is 89.4 Å². The lowest BCUT2D eigenvalue weighted by atomic mass is 10.1. The molecule has 1 aliphatic heterocycles. The number of nitrogens with zero attached hydrogens (tertiary/aromatic N) is 3. The number of imidazole rings is 1. The maximum atomic E-state index is 13.3. The number of aromatic nitrogens is 3. The maximum Gasteiger partial charge on any atom is 0.251 e. The van der Waals surface area contributed by atoms with Crippen LogP contribution in [-0.4, -0.2) is 39.7 Å². The van der Waals surface area contributed by atoms with E-state index in [-0.39, 0.29) is 17.8 Å². The number of thioether (sulfide) groups is 1. The minimum Gasteiger partial charge on any atom is -0.376 e. The third-order valence-electron chi connectivity index (χ3n) is 5.82. The van der Waals surface area contributed by atoms with Crippen LogP contribution in [0.4, 0.5) is 4.39 Å². The monoisotopic (exact) mass is 476 g/mol. The molecule has 1 fully saturated rings. The van der Waals surface area contributed by atoms with Crippen LogP contribution in [0, 0.1) is 5.82 Å². The number of rotatable bonds is 8. The lowest BCUT2D eigenvalue weighted by molar-refractivity contribution is 0.0858. The Bertz CT molecular complexity index is 1270. The van der Waals surface area contributed by atoms with Gasteiger partial charge in [0.1, 0.15) is 11.3 Å². The Morgan fingerprint density at radius 1 is 1.12 bits per heavy atom. The quantitative estimate of drug-likeness (QED) is 0.369. The van der Waals surface area contributed by atoms with Gasteiger partial charge >= 0.3 is 0 Å². The van der Waals surface area contributed by atoms with Gasteiger partial charge in [-0.3, -0.25) is 9.36 Å². The van der Waals surface area contributed by atoms with E-state index in [4.69, 9.17) is 9.72 Å². The SMILES string of the molecule is O=C(NC[C@H]1CCCO1)c1ccc(CSc2nc3cccnc3n2Cc2ccc(F)cc2)cc1. The smallest absolute Gasteiger partial charge is 0.251 e. The van der Waals surface area contributed by atoms with Crippen molar-refractivity contribution in [2.45, 2.75) is 36.4 Å². The summed E-state index contributed by atoms with van der Waals surface area (Å²) >= 11 is 1.61. The molecule has 6 nitrogen and oxygen atoms in total. The number of hydrogen-bond donors (Lipinski definition) is 1. The van der Waals surface area contributed by atoms with Crippen LogP contribution in [-0.2, 0) is 17.0 Å². The summed E-state index contributed by atoms with van der Waals surface area (Å²) in [4.78, 5) is 21.7. The van der Waals surface area contributed by atoms with Crippen LogP contribution >= 0.6 is 11.8 Å². The van der Waals surface area contributed by atoms with Gasteiger partial charge in [0, 0.05) is 30.7 Å². The van der Waals surface area contributed by atoms with Gasteiger partial charge in [-0.1, -0.05) is 36.0 Å². The molecular weight excluding hydrogens is 451 g/mol. The van der Waals surface area contributed by atoms with Crippen molar-refractivity contribution in [1.82, 2.24) is 19.9 Å². The lowest BCUT2D eigenvalue weighted by Crippen LogP contribution is -2.31. The maximum absolute atomic E-state index is 13.3. The topological polar surface area (TPSA) is 69.0 Å². The molecule has 2 aromatic carbocycles. The van der Waals surface area contributed by atoms with Gasteiger partial charge in [-0.15, -0.1) is 0 Å². The van der Waals surface area contributed by atoms with Crippen molar-refractivity contribution in [2.75, 3.05) is 13.2 Å². The molecule has 1 N–H and O–H groups in total. The fraction of sp³-hybridized carbons (Fsp3) is 0.269. The molecule has 8 heteroatoms. The van der Waals surface area contributed by atoms with Crippen molar-refractivity contribution in [2.24, 2.45) is 0 Å². The van der Waals surface area contributed by atoms with Crippen molar-refractivity contribution in [3.63, 3.8) is 0 Å². The van der Waals surface area contributed by atoms with E-state index in [0.717, 1.165) is 46.9 Å². The summed E-state index contributed by atoms with van der Waals surface area (Å²) in [5.74, 6) is 0.364. The molecule has 34 heavy (non-hydrogen) atoms. The van der Waals surface area contributed by atoms with E-state index in [1.807, 2.05) is 36.4 Å². The molecule has 3 heterocycles. The van der Waals surface area contributed by atoms with Crippen molar-refractivity contribution >= 4 is 28.8 Å². The first-order valence-electron chi connectivity index (χ1n) is 11.3. The molecule has 174 valence electrons. The van der Waals surface area contributed by atoms with Crippen molar-refractivity contribution < 1.29 is 13.9 Å². The third-order valence-corrected chi connectivity index (χ3v) is 6.87. The predicted octanol–water partition coefficient (Wildman–Crippen LogP) is 4.82. The van der Waals surface area contributed by atoms with E-state index in [0.29, 0.717) is 24.4 Å². The van der Waals surface area contributed by atoms with Crippen molar-refractivity contribution in [1.29, 1.82) is 0 Å². The molecule has 0 bridgehead atoms. The number of pyridine rings is 1. The Hall–Kier alpha value is -3.23. The highest BCUT2D eigenvalue weighted by atomic mass is 32.2. The normalized spacial score (nSPS) is 15.6. The molecule has 0 aliphatic carbocycles. The van der Waals surface area contributed by atoms with Crippen LogP contribution in [0.2, 0.25) is 0 Å². The van der Waals surface area contributed by atoms with E-state index in [9.17, 15) is 9.18 Å². The molecule has 1 aliphatic rings. The molecule has 1 saturated heterocycles. The van der Waals surface area contributed by atoms with Gasteiger partial charge in [-0.25, -0.2) is 14.4 Å². The molecule has 1 atom stereocenters. The van der Waals surface area contributed by atoms with Crippen molar-refractivity contribution in [3.8, 4) is 0 Å². The summed E-state index contributed by atoms with van der Waals surface area (Å²) in [6.45, 7) is 1.88. The molecule has 0 spiro atoms. The van der Waals surface area contributed by atoms with Crippen LogP contribution < -0.4 is 5.32 Å². The first-order valence-corrected chi connectivity index (χ1v) is 12.3. The minimum absolute atomic E-state index is 0.0816. The second kappa shape index (κ2) is 10.4. The molecule has 0 saturated carbocycles. The van der Waals surface area contributed by atoms with Crippen LogP contribution in [0.15, 0.2) is 72.0 Å². The number of carbonyl (C=O) groups excluding carboxylic acids is 1. The zero-order chi connectivity index (χ0) is 23.3. The number of benzene rings is 2. The van der Waals surface area contributed by atoms with Gasteiger partial charge in [0.15, 0.2) is 10.8 Å². The van der Waals surface area contributed by atoms with E-state index >= 15 is 0 Å². The summed E-state index contributed by atoms with van der Waals surface area (Å²) < 4.78 is 20.9. The summed E-state index contributed by atoms with van der Waals surface area (Å²) in [5.41, 5.74) is 4.33. The first-order chi connectivity index (χ1) is 16.7. The van der Waals surface area contributed by atoms with Crippen LogP contribution in [0.5, 0.6) is 0 Å². The summed E-state index contributed by atoms with van der Waals surface area (Å²) in [6, 6.07) is 17.9. The Morgan fingerprint density at radius 3 is 2.68 bits per heavy atom. The average molecular weight is 477 g/mol. The molecule has 2 aromatic heterocycles. The van der Waals surface area contributed by atoms with Gasteiger partial charge in [-0.2, -0.15) is 0 Å². The van der Waals surface area contributed by atoms with Crippen LogP contribution in [0.1, 0.15) is 34.3 Å². The molecule has 5 rings (SSSR count). The zero-order valence-corrected chi connectivity index (χ0v) is 19.4. The highest BCUT2D eigenvalue weighted by Crippen LogP contribution is 2.27. The highest BCUT2D eigenvalue weighted by Gasteiger charge is 2.17. The van der Waals surface area contributed by atoms with E-state index in [1.165, 1.54) is 12.1 Å². The Balaban J connectivity index is 1.26. The molecular formula is C26H25FN4O2S. The highest BCUT2D eigenvalue weighted by molar-refractivity contribution is 7.98. The van der Waals surface area contributed by atoms with Gasteiger partial charge < -0.3 is 10.1 Å². The molecule has 4 aromatic rings. The van der Waals surface area contributed by atoms with Gasteiger partial charge in [-0.05, 0) is 60.4 Å². The number of amides is 1. The fourth-order valence-corrected chi connectivity index (χ4v) is 4.93. The van der Waals surface area contributed by atoms with Crippen LogP contribution in [0.3, 0.4) is 0 Å². The fourth-order valence-electron chi connectivity index (χ4n) is 3.98. The van der Waals surface area contributed by atoms with Crippen LogP contribution in [0.25, 0.3) is 11.2 Å². The number of fused-ring (bicyclic) bond motifs is 1. The largest absolute Gasteiger partial charge is 0.376 e. The summed E-state index contributed by atoms with van der Waals surface area (Å²) in [7, 11) is 0. The molecule has 1 amide bonds. The second-order valence-corrected chi connectivity index (χ2v) is 9.23. The summed E-state index contributed by atoms with van der Waals surface area (Å²) in [5, 5.41) is 3.80. The zero-order valence-electron chi connectivity index (χ0n) is 18.6. The lowest BCUT2D eigenvalue weighted by Gasteiger charge is -2.11. The Morgan fingerprint density at radius 2 is 1.91 bits per heavy atom. The van der Waals surface area contributed by atoms with E-state index in [2.05, 4.69) is 14.9 Å². The first kappa shape index (κ1) is 22.6. The molecule has 0 unspecified atom stereocenters. The van der Waals surface area contributed by atoms with Gasteiger partial charge in [0.2, 0.25) is 0 Å². The van der Waals surface area contributed by atoms with E-state index < -0.39 is 0 Å². The number of hydrogen-bond acceptors (Lipinski definition) is 5. The predicted molar refractivity (Wildman–Crippen MR) is 130 cm³/mol. The Kier molecular flexibility index (Phi) is 6.87. The number of ether oxygens (including phenoxy) is 1. The third kappa shape index (κ3) is 5.29. The molecule has 0 radical (unpaired) electrons. The minimum atomic E-state index is -0.254. The number of halogens is 1. The number of nitrogens with one attached hydrogen (secondary N) is 1. The van der Waals surface area contributed by atoms with Gasteiger partial charge in [0.05, 0.1) is 12.6 Å². The second-order valence-electron chi connectivity index (χ2n) is 8.28. The van der Waals surface area contributed by atoms with Gasteiger partial charge in [0.25, 0.3) is 5.91 Å². The Labute approximate surface area is 201 Å².